The average Bonchev–Trinajstić information content (AvgIpc) is 3.26. The van der Waals surface area contributed by atoms with Crippen LogP contribution in [0.1, 0.15) is 24.4 Å². The number of fused-ring (bicyclic) bond motifs is 1. The first-order valence-electron chi connectivity index (χ1n) is 12.2. The number of hydrogen-bond acceptors (Lipinski definition) is 3. The Morgan fingerprint density at radius 1 is 0.800 bits per heavy atom. The molecular formula is C30H28N4O. The van der Waals surface area contributed by atoms with Gasteiger partial charge >= 0.3 is 0 Å². The summed E-state index contributed by atoms with van der Waals surface area (Å²) in [4.78, 5) is 5.01. The monoisotopic (exact) mass is 460 g/mol. The number of rotatable bonds is 5. The van der Waals surface area contributed by atoms with Gasteiger partial charge in [0, 0.05) is 31.4 Å². The number of aromatic nitrogens is 3. The standard InChI is InChI=1S/C30H28N4O/c31-29-27-26(23-12-6-2-7-13-23)28(24-14-8-3-9-15-24)33(20-22-10-4-1-5-11-22)30(27)32-21-34(29)25-16-18-35-19-17-25/h1-15,21,25,31H,16-20H2. The maximum Gasteiger partial charge on any atom is 0.146 e. The summed E-state index contributed by atoms with van der Waals surface area (Å²) in [5, 5.41) is 10.3. The van der Waals surface area contributed by atoms with Gasteiger partial charge in [0.15, 0.2) is 0 Å². The van der Waals surface area contributed by atoms with Gasteiger partial charge in [-0.05, 0) is 29.5 Å². The molecule has 0 aliphatic carbocycles. The second-order valence-corrected chi connectivity index (χ2v) is 9.07. The Kier molecular flexibility index (Phi) is 5.76. The van der Waals surface area contributed by atoms with Crippen molar-refractivity contribution in [1.82, 2.24) is 14.1 Å². The van der Waals surface area contributed by atoms with Crippen molar-refractivity contribution in [3.05, 3.63) is 108 Å². The third kappa shape index (κ3) is 3.98. The molecule has 0 bridgehead atoms. The summed E-state index contributed by atoms with van der Waals surface area (Å²) in [5.74, 6) is 0. The summed E-state index contributed by atoms with van der Waals surface area (Å²) in [5.41, 5.74) is 6.96. The highest BCUT2D eigenvalue weighted by molar-refractivity contribution is 6.02. The van der Waals surface area contributed by atoms with Crippen LogP contribution >= 0.6 is 0 Å². The lowest BCUT2D eigenvalue weighted by atomic mass is 9.99. The average molecular weight is 461 g/mol. The van der Waals surface area contributed by atoms with E-state index >= 15 is 0 Å². The molecule has 1 fully saturated rings. The maximum atomic E-state index is 9.39. The predicted molar refractivity (Wildman–Crippen MR) is 139 cm³/mol. The molecule has 0 atom stereocenters. The van der Waals surface area contributed by atoms with Crippen LogP contribution in [0, 0.1) is 5.41 Å². The smallest absolute Gasteiger partial charge is 0.146 e. The summed E-state index contributed by atoms with van der Waals surface area (Å²) in [6.07, 6.45) is 3.67. The molecule has 5 nitrogen and oxygen atoms in total. The third-order valence-electron chi connectivity index (χ3n) is 6.91. The first-order valence-corrected chi connectivity index (χ1v) is 12.2. The highest BCUT2D eigenvalue weighted by Gasteiger charge is 2.25. The number of hydrogen-bond donors (Lipinski definition) is 1. The second kappa shape index (κ2) is 9.35. The van der Waals surface area contributed by atoms with Crippen molar-refractivity contribution in [2.45, 2.75) is 25.4 Å². The molecule has 0 saturated carbocycles. The topological polar surface area (TPSA) is 55.8 Å². The lowest BCUT2D eigenvalue weighted by Gasteiger charge is -2.24. The summed E-state index contributed by atoms with van der Waals surface area (Å²) in [6, 6.07) is 31.7. The molecule has 1 N–H and O–H groups in total. The van der Waals surface area contributed by atoms with E-state index in [1.165, 1.54) is 5.56 Å². The lowest BCUT2D eigenvalue weighted by Crippen LogP contribution is -2.29. The maximum absolute atomic E-state index is 9.39. The van der Waals surface area contributed by atoms with Crippen LogP contribution in [0.4, 0.5) is 0 Å². The van der Waals surface area contributed by atoms with E-state index < -0.39 is 0 Å². The number of nitrogens with one attached hydrogen (secondary N) is 1. The SMILES string of the molecule is N=c1c2c(-c3ccccc3)c(-c3ccccc3)n(Cc3ccccc3)c2ncn1C1CCOCC1. The second-order valence-electron chi connectivity index (χ2n) is 9.07. The van der Waals surface area contributed by atoms with Crippen molar-refractivity contribution >= 4 is 11.0 Å². The van der Waals surface area contributed by atoms with Crippen molar-refractivity contribution in [2.24, 2.45) is 0 Å². The Bertz CT molecular complexity index is 1500. The first kappa shape index (κ1) is 21.6. The summed E-state index contributed by atoms with van der Waals surface area (Å²) in [7, 11) is 0. The fourth-order valence-electron chi connectivity index (χ4n) is 5.21. The molecule has 3 heterocycles. The Morgan fingerprint density at radius 2 is 1.40 bits per heavy atom. The predicted octanol–water partition coefficient (Wildman–Crippen LogP) is 6.05. The zero-order chi connectivity index (χ0) is 23.6. The van der Waals surface area contributed by atoms with Crippen LogP contribution in [0.15, 0.2) is 97.3 Å². The molecule has 1 saturated heterocycles. The van der Waals surface area contributed by atoms with Gasteiger partial charge in [-0.25, -0.2) is 4.98 Å². The van der Waals surface area contributed by atoms with E-state index in [1.807, 2.05) is 24.5 Å². The van der Waals surface area contributed by atoms with Crippen molar-refractivity contribution < 1.29 is 4.74 Å². The van der Waals surface area contributed by atoms with Crippen LogP contribution in [-0.2, 0) is 11.3 Å². The Balaban J connectivity index is 1.69. The zero-order valence-corrected chi connectivity index (χ0v) is 19.6. The Labute approximate surface area is 204 Å². The Hall–Kier alpha value is -3.96. The van der Waals surface area contributed by atoms with Gasteiger partial charge < -0.3 is 13.9 Å². The van der Waals surface area contributed by atoms with Crippen molar-refractivity contribution in [3.63, 3.8) is 0 Å². The number of ether oxygens (including phenoxy) is 1. The molecule has 0 radical (unpaired) electrons. The minimum absolute atomic E-state index is 0.231. The molecule has 5 aromatic rings. The fourth-order valence-corrected chi connectivity index (χ4v) is 5.21. The molecule has 5 heteroatoms. The highest BCUT2D eigenvalue weighted by atomic mass is 16.5. The first-order chi connectivity index (χ1) is 17.3. The van der Waals surface area contributed by atoms with Crippen LogP contribution in [0.5, 0.6) is 0 Å². The largest absolute Gasteiger partial charge is 0.381 e. The van der Waals surface area contributed by atoms with Crippen molar-refractivity contribution in [1.29, 1.82) is 5.41 Å². The van der Waals surface area contributed by atoms with Gasteiger partial charge in [-0.3, -0.25) is 5.41 Å². The van der Waals surface area contributed by atoms with E-state index in [9.17, 15) is 5.41 Å². The van der Waals surface area contributed by atoms with Crippen LogP contribution in [0.25, 0.3) is 33.4 Å². The van der Waals surface area contributed by atoms with E-state index in [-0.39, 0.29) is 6.04 Å². The van der Waals surface area contributed by atoms with Gasteiger partial charge in [0.1, 0.15) is 11.1 Å². The van der Waals surface area contributed by atoms with Crippen LogP contribution in [-0.4, -0.2) is 27.3 Å². The zero-order valence-electron chi connectivity index (χ0n) is 19.6. The molecule has 1 aliphatic rings. The molecule has 0 unspecified atom stereocenters. The summed E-state index contributed by atoms with van der Waals surface area (Å²) in [6.45, 7) is 2.14. The molecule has 6 rings (SSSR count). The number of nitrogens with zero attached hydrogens (tertiary/aromatic N) is 3. The lowest BCUT2D eigenvalue weighted by molar-refractivity contribution is 0.0682. The van der Waals surface area contributed by atoms with Gasteiger partial charge in [-0.2, -0.15) is 0 Å². The van der Waals surface area contributed by atoms with Gasteiger partial charge in [0.05, 0.1) is 17.4 Å². The summed E-state index contributed by atoms with van der Waals surface area (Å²) < 4.78 is 9.93. The minimum atomic E-state index is 0.231. The molecule has 1 aliphatic heterocycles. The van der Waals surface area contributed by atoms with E-state index in [4.69, 9.17) is 9.72 Å². The highest BCUT2D eigenvalue weighted by Crippen LogP contribution is 2.39. The normalized spacial score (nSPS) is 14.4. The van der Waals surface area contributed by atoms with Gasteiger partial charge in [0.25, 0.3) is 0 Å². The van der Waals surface area contributed by atoms with Crippen LogP contribution in [0.2, 0.25) is 0 Å². The minimum Gasteiger partial charge on any atom is -0.381 e. The Morgan fingerprint density at radius 3 is 2.06 bits per heavy atom. The summed E-state index contributed by atoms with van der Waals surface area (Å²) >= 11 is 0. The molecule has 174 valence electrons. The van der Waals surface area contributed by atoms with Crippen LogP contribution < -0.4 is 5.49 Å². The van der Waals surface area contributed by atoms with Gasteiger partial charge in [-0.1, -0.05) is 91.0 Å². The molecule has 2 aromatic heterocycles. The van der Waals surface area contributed by atoms with Crippen molar-refractivity contribution in [3.8, 4) is 22.4 Å². The van der Waals surface area contributed by atoms with Gasteiger partial charge in [-0.15, -0.1) is 0 Å². The number of benzene rings is 3. The van der Waals surface area contributed by atoms with Gasteiger partial charge in [0.2, 0.25) is 0 Å². The van der Waals surface area contributed by atoms with E-state index in [1.54, 1.807) is 0 Å². The van der Waals surface area contributed by atoms with Crippen LogP contribution in [0.3, 0.4) is 0 Å². The molecular weight excluding hydrogens is 432 g/mol. The third-order valence-corrected chi connectivity index (χ3v) is 6.91. The molecule has 3 aromatic carbocycles. The molecule has 35 heavy (non-hydrogen) atoms. The molecule has 0 amide bonds. The quantitative estimate of drug-likeness (QED) is 0.347. The molecule has 0 spiro atoms. The van der Waals surface area contributed by atoms with E-state index in [2.05, 4.69) is 81.9 Å². The fraction of sp³-hybridized carbons (Fsp3) is 0.200. The van der Waals surface area contributed by atoms with E-state index in [0.717, 1.165) is 59.5 Å². The van der Waals surface area contributed by atoms with E-state index in [0.29, 0.717) is 12.0 Å². The van der Waals surface area contributed by atoms with Crippen molar-refractivity contribution in [2.75, 3.05) is 13.2 Å².